The normalized spacial score (nSPS) is 11.7. The lowest BCUT2D eigenvalue weighted by Gasteiger charge is -2.18. The van der Waals surface area contributed by atoms with Gasteiger partial charge in [-0.15, -0.1) is 0 Å². The molecule has 0 radical (unpaired) electrons. The predicted octanol–water partition coefficient (Wildman–Crippen LogP) is 2.66. The molecule has 2 aromatic carbocycles. The Hall–Kier alpha value is -2.30. The zero-order valence-electron chi connectivity index (χ0n) is 16.8. The van der Waals surface area contributed by atoms with Gasteiger partial charge in [-0.25, -0.2) is 16.8 Å². The van der Waals surface area contributed by atoms with Gasteiger partial charge < -0.3 is 9.64 Å². The molecule has 0 saturated carbocycles. The van der Waals surface area contributed by atoms with Gasteiger partial charge in [0, 0.05) is 25.4 Å². The van der Waals surface area contributed by atoms with Gasteiger partial charge in [0.15, 0.2) is 9.84 Å². The predicted molar refractivity (Wildman–Crippen MR) is 117 cm³/mol. The third-order valence-corrected chi connectivity index (χ3v) is 6.03. The van der Waals surface area contributed by atoms with Crippen LogP contribution < -0.4 is 9.46 Å². The topological polar surface area (TPSA) is 110 Å². The van der Waals surface area contributed by atoms with Crippen LogP contribution in [0.5, 0.6) is 5.75 Å². The molecule has 1 amide bonds. The molecule has 0 aliphatic rings. The first-order chi connectivity index (χ1) is 13.9. The summed E-state index contributed by atoms with van der Waals surface area (Å²) in [5.41, 5.74) is 0.419. The van der Waals surface area contributed by atoms with Crippen molar-refractivity contribution in [3.8, 4) is 5.75 Å². The molecule has 1 N–H and O–H groups in total. The minimum atomic E-state index is -3.53. The summed E-state index contributed by atoms with van der Waals surface area (Å²) < 4.78 is 53.9. The second-order valence-corrected chi connectivity index (χ2v) is 10.9. The van der Waals surface area contributed by atoms with Gasteiger partial charge in [-0.3, -0.25) is 9.52 Å². The van der Waals surface area contributed by atoms with Crippen LogP contribution in [0.15, 0.2) is 47.4 Å². The summed E-state index contributed by atoms with van der Waals surface area (Å²) >= 11 is 5.98. The molecule has 11 heteroatoms. The van der Waals surface area contributed by atoms with E-state index in [1.807, 2.05) is 0 Å². The van der Waals surface area contributed by atoms with Gasteiger partial charge in [0.25, 0.3) is 5.91 Å². The molecule has 2 aromatic rings. The van der Waals surface area contributed by atoms with Crippen molar-refractivity contribution in [1.29, 1.82) is 0 Å². The number of nitrogens with zero attached hydrogens (tertiary/aromatic N) is 1. The molecular weight excluding hydrogens is 452 g/mol. The van der Waals surface area contributed by atoms with Crippen molar-refractivity contribution < 1.29 is 26.4 Å². The molecule has 0 heterocycles. The van der Waals surface area contributed by atoms with E-state index < -0.39 is 19.9 Å². The van der Waals surface area contributed by atoms with E-state index in [1.165, 1.54) is 35.2 Å². The van der Waals surface area contributed by atoms with Crippen LogP contribution in [0.1, 0.15) is 16.8 Å². The Morgan fingerprint density at radius 2 is 1.80 bits per heavy atom. The standard InChI is InChI=1S/C19H23ClN2O6S2/c1-22(10-5-11-28-15-6-4-7-16(13-15)29(2,24)25)19(23)14-8-9-17(20)18(12-14)21-30(3,26)27/h4,6-9,12-13,21H,5,10-11H2,1-3H3. The lowest BCUT2D eigenvalue weighted by molar-refractivity contribution is 0.0788. The quantitative estimate of drug-likeness (QED) is 0.559. The molecule has 0 aliphatic carbocycles. The molecule has 2 rings (SSSR count). The van der Waals surface area contributed by atoms with E-state index in [9.17, 15) is 21.6 Å². The smallest absolute Gasteiger partial charge is 0.253 e. The zero-order chi connectivity index (χ0) is 22.5. The average Bonchev–Trinajstić information content (AvgIpc) is 2.64. The van der Waals surface area contributed by atoms with Crippen LogP contribution in [0.3, 0.4) is 0 Å². The monoisotopic (exact) mass is 474 g/mol. The maximum atomic E-state index is 12.6. The summed E-state index contributed by atoms with van der Waals surface area (Å²) in [4.78, 5) is 14.2. The summed E-state index contributed by atoms with van der Waals surface area (Å²) in [7, 11) is -5.23. The number of sulfone groups is 1. The maximum Gasteiger partial charge on any atom is 0.253 e. The number of carbonyl (C=O) groups is 1. The highest BCUT2D eigenvalue weighted by Gasteiger charge is 2.15. The number of hydrogen-bond acceptors (Lipinski definition) is 6. The van der Waals surface area contributed by atoms with Crippen molar-refractivity contribution in [3.05, 3.63) is 53.1 Å². The first kappa shape index (κ1) is 24.0. The van der Waals surface area contributed by atoms with Crippen LogP contribution in [0.4, 0.5) is 5.69 Å². The van der Waals surface area contributed by atoms with Crippen molar-refractivity contribution in [2.24, 2.45) is 0 Å². The summed E-state index contributed by atoms with van der Waals surface area (Å²) in [5, 5.41) is 0.185. The number of amides is 1. The molecule has 0 unspecified atom stereocenters. The van der Waals surface area contributed by atoms with Gasteiger partial charge in [-0.2, -0.15) is 0 Å². The van der Waals surface area contributed by atoms with E-state index in [-0.39, 0.29) is 33.7 Å². The van der Waals surface area contributed by atoms with Gasteiger partial charge in [-0.05, 0) is 42.8 Å². The lowest BCUT2D eigenvalue weighted by atomic mass is 10.2. The van der Waals surface area contributed by atoms with Crippen LogP contribution in [0.2, 0.25) is 5.02 Å². The molecule has 8 nitrogen and oxygen atoms in total. The Labute approximate surface area is 181 Å². The molecule has 0 atom stereocenters. The van der Waals surface area contributed by atoms with Crippen LogP contribution in [-0.2, 0) is 19.9 Å². The van der Waals surface area contributed by atoms with Crippen molar-refractivity contribution in [2.75, 3.05) is 37.4 Å². The number of rotatable bonds is 9. The Bertz CT molecular complexity index is 1130. The molecule has 0 spiro atoms. The minimum absolute atomic E-state index is 0.132. The second-order valence-electron chi connectivity index (χ2n) is 6.74. The third kappa shape index (κ3) is 7.19. The van der Waals surface area contributed by atoms with Crippen LogP contribution >= 0.6 is 11.6 Å². The Kier molecular flexibility index (Phi) is 7.73. The SMILES string of the molecule is CN(CCCOc1cccc(S(C)(=O)=O)c1)C(=O)c1ccc(Cl)c(NS(C)(=O)=O)c1. The van der Waals surface area contributed by atoms with Gasteiger partial charge in [0.1, 0.15) is 5.75 Å². The van der Waals surface area contributed by atoms with E-state index in [0.717, 1.165) is 12.5 Å². The highest BCUT2D eigenvalue weighted by Crippen LogP contribution is 2.24. The molecular formula is C19H23ClN2O6S2. The van der Waals surface area contributed by atoms with Crippen molar-refractivity contribution in [3.63, 3.8) is 0 Å². The first-order valence-corrected chi connectivity index (χ1v) is 13.0. The molecule has 0 fully saturated rings. The van der Waals surface area contributed by atoms with E-state index in [4.69, 9.17) is 16.3 Å². The number of ether oxygens (including phenoxy) is 1. The molecule has 0 saturated heterocycles. The number of halogens is 1. The Morgan fingerprint density at radius 3 is 2.43 bits per heavy atom. The summed E-state index contributed by atoms with van der Waals surface area (Å²) in [6.07, 6.45) is 2.63. The number of nitrogens with one attached hydrogen (secondary N) is 1. The second kappa shape index (κ2) is 9.67. The number of sulfonamides is 1. The maximum absolute atomic E-state index is 12.6. The molecule has 164 valence electrons. The summed E-state index contributed by atoms with van der Waals surface area (Å²) in [6.45, 7) is 0.661. The Balaban J connectivity index is 1.93. The highest BCUT2D eigenvalue weighted by atomic mass is 35.5. The average molecular weight is 475 g/mol. The van der Waals surface area contributed by atoms with E-state index in [2.05, 4.69) is 4.72 Å². The first-order valence-electron chi connectivity index (χ1n) is 8.82. The van der Waals surface area contributed by atoms with Gasteiger partial charge in [0.05, 0.1) is 28.5 Å². The van der Waals surface area contributed by atoms with Gasteiger partial charge >= 0.3 is 0 Å². The van der Waals surface area contributed by atoms with Gasteiger partial charge in [0.2, 0.25) is 10.0 Å². The number of benzene rings is 2. The lowest BCUT2D eigenvalue weighted by Crippen LogP contribution is -2.28. The number of carbonyl (C=O) groups excluding carboxylic acids is 1. The van der Waals surface area contributed by atoms with E-state index in [1.54, 1.807) is 19.2 Å². The van der Waals surface area contributed by atoms with Gasteiger partial charge in [-0.1, -0.05) is 17.7 Å². The van der Waals surface area contributed by atoms with Crippen molar-refractivity contribution >= 4 is 43.1 Å². The zero-order valence-corrected chi connectivity index (χ0v) is 19.1. The highest BCUT2D eigenvalue weighted by molar-refractivity contribution is 7.92. The van der Waals surface area contributed by atoms with E-state index >= 15 is 0 Å². The van der Waals surface area contributed by atoms with Crippen LogP contribution in [0.25, 0.3) is 0 Å². The molecule has 30 heavy (non-hydrogen) atoms. The largest absolute Gasteiger partial charge is 0.493 e. The van der Waals surface area contributed by atoms with Crippen LogP contribution in [-0.4, -0.2) is 60.4 Å². The summed E-state index contributed by atoms with van der Waals surface area (Å²) in [6, 6.07) is 10.6. The Morgan fingerprint density at radius 1 is 1.10 bits per heavy atom. The number of anilines is 1. The third-order valence-electron chi connectivity index (χ3n) is 4.00. The van der Waals surface area contributed by atoms with Crippen molar-refractivity contribution in [1.82, 2.24) is 4.90 Å². The fourth-order valence-corrected chi connectivity index (χ4v) is 3.99. The molecule has 0 aromatic heterocycles. The fourth-order valence-electron chi connectivity index (χ4n) is 2.54. The molecule has 0 aliphatic heterocycles. The van der Waals surface area contributed by atoms with E-state index in [0.29, 0.717) is 18.7 Å². The minimum Gasteiger partial charge on any atom is -0.493 e. The fraction of sp³-hybridized carbons (Fsp3) is 0.316. The summed E-state index contributed by atoms with van der Waals surface area (Å²) in [5.74, 6) is 0.128. The number of hydrogen-bond donors (Lipinski definition) is 1. The van der Waals surface area contributed by atoms with Crippen LogP contribution in [0, 0.1) is 0 Å². The molecule has 0 bridgehead atoms. The van der Waals surface area contributed by atoms with Crippen molar-refractivity contribution in [2.45, 2.75) is 11.3 Å².